The molecule has 1 aromatic carbocycles. The van der Waals surface area contributed by atoms with Crippen LogP contribution in [0.2, 0.25) is 5.02 Å². The van der Waals surface area contributed by atoms with E-state index in [0.29, 0.717) is 10.6 Å². The van der Waals surface area contributed by atoms with Crippen molar-refractivity contribution < 1.29 is 9.90 Å². The Bertz CT molecular complexity index is 712. The third kappa shape index (κ3) is 3.97. The van der Waals surface area contributed by atoms with Crippen molar-refractivity contribution in [2.75, 3.05) is 6.61 Å². The normalized spacial score (nSPS) is 13.8. The van der Waals surface area contributed by atoms with Crippen molar-refractivity contribution >= 4 is 17.5 Å². The van der Waals surface area contributed by atoms with Crippen molar-refractivity contribution in [2.24, 2.45) is 5.92 Å². The number of carbonyl (C=O) groups excluding carboxylic acids is 1. The van der Waals surface area contributed by atoms with Gasteiger partial charge in [-0.1, -0.05) is 38.4 Å². The molecule has 0 spiro atoms. The van der Waals surface area contributed by atoms with Crippen molar-refractivity contribution in [3.05, 3.63) is 46.7 Å². The van der Waals surface area contributed by atoms with Gasteiger partial charge in [0.1, 0.15) is 0 Å². The molecule has 2 N–H and O–H groups in total. The zero-order valence-corrected chi connectivity index (χ0v) is 15.2. The second-order valence-corrected chi connectivity index (χ2v) is 6.85. The summed E-state index contributed by atoms with van der Waals surface area (Å²) in [6.07, 6.45) is 1.59. The van der Waals surface area contributed by atoms with Crippen LogP contribution in [0.4, 0.5) is 0 Å². The molecule has 2 unspecified atom stereocenters. The largest absolute Gasteiger partial charge is 0.396 e. The molecule has 1 heterocycles. The number of amides is 1. The summed E-state index contributed by atoms with van der Waals surface area (Å²) >= 11 is 6.07. The van der Waals surface area contributed by atoms with Crippen LogP contribution in [0, 0.1) is 5.92 Å². The maximum Gasteiger partial charge on any atom is 0.255 e. The molecule has 0 radical (unpaired) electrons. The third-order valence-corrected chi connectivity index (χ3v) is 4.39. The molecule has 0 fully saturated rings. The topological polar surface area (TPSA) is 67.2 Å². The Labute approximate surface area is 147 Å². The number of hydrogen-bond donors (Lipinski definition) is 2. The van der Waals surface area contributed by atoms with Crippen molar-refractivity contribution in [3.8, 4) is 5.69 Å². The van der Waals surface area contributed by atoms with Gasteiger partial charge in [0, 0.05) is 17.7 Å². The number of benzene rings is 1. The first-order valence-corrected chi connectivity index (χ1v) is 8.48. The van der Waals surface area contributed by atoms with Crippen molar-refractivity contribution in [2.45, 2.75) is 39.7 Å². The summed E-state index contributed by atoms with van der Waals surface area (Å²) in [6.45, 7) is 7.85. The Kier molecular flexibility index (Phi) is 6.02. The number of nitrogens with one attached hydrogen (secondary N) is 1. The van der Waals surface area contributed by atoms with E-state index in [2.05, 4.69) is 10.4 Å². The molecular formula is C18H24ClN3O2. The van der Waals surface area contributed by atoms with Gasteiger partial charge in [0.15, 0.2) is 0 Å². The van der Waals surface area contributed by atoms with E-state index < -0.39 is 0 Å². The molecule has 1 aromatic heterocycles. The van der Waals surface area contributed by atoms with Gasteiger partial charge in [-0.2, -0.15) is 5.10 Å². The highest BCUT2D eigenvalue weighted by molar-refractivity contribution is 6.30. The minimum atomic E-state index is -0.181. The van der Waals surface area contributed by atoms with Gasteiger partial charge in [0.05, 0.1) is 23.1 Å². The molecule has 6 heteroatoms. The maximum atomic E-state index is 12.6. The molecule has 2 rings (SSSR count). The molecule has 2 atom stereocenters. The van der Waals surface area contributed by atoms with Gasteiger partial charge in [-0.3, -0.25) is 4.79 Å². The van der Waals surface area contributed by atoms with Crippen molar-refractivity contribution in [1.82, 2.24) is 15.1 Å². The predicted octanol–water partition coefficient (Wildman–Crippen LogP) is 3.40. The molecule has 2 aromatic rings. The fourth-order valence-electron chi connectivity index (χ4n) is 2.49. The average Bonchev–Trinajstić information content (AvgIpc) is 2.99. The highest BCUT2D eigenvalue weighted by atomic mass is 35.5. The lowest BCUT2D eigenvalue weighted by Gasteiger charge is -2.20. The van der Waals surface area contributed by atoms with Gasteiger partial charge in [-0.25, -0.2) is 4.68 Å². The molecule has 0 aliphatic carbocycles. The van der Waals surface area contributed by atoms with Crippen molar-refractivity contribution in [1.29, 1.82) is 0 Å². The van der Waals surface area contributed by atoms with E-state index in [9.17, 15) is 9.90 Å². The molecule has 5 nitrogen and oxygen atoms in total. The SMILES string of the molecule is CC(C)c1c(C(=O)NC(C)C(C)CO)cnn1-c1cccc(Cl)c1. The number of aliphatic hydroxyl groups excluding tert-OH is 1. The quantitative estimate of drug-likeness (QED) is 0.840. The zero-order chi connectivity index (χ0) is 17.9. The van der Waals surface area contributed by atoms with E-state index >= 15 is 0 Å². The molecule has 0 bridgehead atoms. The predicted molar refractivity (Wildman–Crippen MR) is 95.8 cm³/mol. The lowest BCUT2D eigenvalue weighted by molar-refractivity contribution is 0.0915. The summed E-state index contributed by atoms with van der Waals surface area (Å²) in [5.74, 6) is -0.0861. The second kappa shape index (κ2) is 7.81. The van der Waals surface area contributed by atoms with E-state index in [1.54, 1.807) is 16.9 Å². The zero-order valence-electron chi connectivity index (χ0n) is 14.5. The smallest absolute Gasteiger partial charge is 0.255 e. The Balaban J connectivity index is 2.37. The molecule has 0 saturated heterocycles. The molecular weight excluding hydrogens is 326 g/mol. The summed E-state index contributed by atoms with van der Waals surface area (Å²) in [7, 11) is 0. The van der Waals surface area contributed by atoms with E-state index in [1.807, 2.05) is 45.9 Å². The Morgan fingerprint density at radius 2 is 2.04 bits per heavy atom. The Morgan fingerprint density at radius 1 is 1.33 bits per heavy atom. The minimum absolute atomic E-state index is 0.0144. The van der Waals surface area contributed by atoms with Crippen LogP contribution in [0.1, 0.15) is 49.7 Å². The van der Waals surface area contributed by atoms with Crippen LogP contribution in [0.25, 0.3) is 5.69 Å². The first-order valence-electron chi connectivity index (χ1n) is 8.10. The second-order valence-electron chi connectivity index (χ2n) is 6.41. The van der Waals surface area contributed by atoms with Crippen LogP contribution in [-0.4, -0.2) is 33.4 Å². The van der Waals surface area contributed by atoms with Crippen LogP contribution < -0.4 is 5.32 Å². The van der Waals surface area contributed by atoms with Crippen molar-refractivity contribution in [3.63, 3.8) is 0 Å². The van der Waals surface area contributed by atoms with E-state index in [4.69, 9.17) is 11.6 Å². The fraction of sp³-hybridized carbons (Fsp3) is 0.444. The summed E-state index contributed by atoms with van der Waals surface area (Å²) in [6, 6.07) is 7.25. The number of aliphatic hydroxyl groups is 1. The number of hydrogen-bond acceptors (Lipinski definition) is 3. The maximum absolute atomic E-state index is 12.6. The van der Waals surface area contributed by atoms with Crippen LogP contribution in [0.15, 0.2) is 30.5 Å². The standard InChI is InChI=1S/C18H24ClN3O2/c1-11(2)17-16(18(24)21-13(4)12(3)10-23)9-20-22(17)15-7-5-6-14(19)8-15/h5-9,11-13,23H,10H2,1-4H3,(H,21,24). The van der Waals surface area contributed by atoms with Gasteiger partial charge in [-0.15, -0.1) is 0 Å². The van der Waals surface area contributed by atoms with Gasteiger partial charge >= 0.3 is 0 Å². The van der Waals surface area contributed by atoms with E-state index in [-0.39, 0.29) is 30.4 Å². The van der Waals surface area contributed by atoms with Crippen LogP contribution in [0.5, 0.6) is 0 Å². The average molecular weight is 350 g/mol. The molecule has 0 aliphatic heterocycles. The number of aromatic nitrogens is 2. The number of nitrogens with zero attached hydrogens (tertiary/aromatic N) is 2. The molecule has 1 amide bonds. The first-order chi connectivity index (χ1) is 11.3. The molecule has 0 saturated carbocycles. The highest BCUT2D eigenvalue weighted by Gasteiger charge is 2.23. The minimum Gasteiger partial charge on any atom is -0.396 e. The van der Waals surface area contributed by atoms with Gasteiger partial charge < -0.3 is 10.4 Å². The summed E-state index contributed by atoms with van der Waals surface area (Å²) in [5, 5.41) is 17.2. The van der Waals surface area contributed by atoms with Crippen LogP contribution in [0.3, 0.4) is 0 Å². The summed E-state index contributed by atoms with van der Waals surface area (Å²) in [5.41, 5.74) is 2.20. The van der Waals surface area contributed by atoms with Gasteiger partial charge in [0.25, 0.3) is 5.91 Å². The van der Waals surface area contributed by atoms with Crippen LogP contribution >= 0.6 is 11.6 Å². The molecule has 0 aliphatic rings. The van der Waals surface area contributed by atoms with E-state index in [0.717, 1.165) is 11.4 Å². The fourth-order valence-corrected chi connectivity index (χ4v) is 2.67. The van der Waals surface area contributed by atoms with Gasteiger partial charge in [-0.05, 0) is 37.0 Å². The Morgan fingerprint density at radius 3 is 2.62 bits per heavy atom. The molecule has 24 heavy (non-hydrogen) atoms. The van der Waals surface area contributed by atoms with E-state index in [1.165, 1.54) is 0 Å². The number of halogens is 1. The van der Waals surface area contributed by atoms with Gasteiger partial charge in [0.2, 0.25) is 0 Å². The molecule has 130 valence electrons. The monoisotopic (exact) mass is 349 g/mol. The summed E-state index contributed by atoms with van der Waals surface area (Å²) in [4.78, 5) is 12.6. The van der Waals surface area contributed by atoms with Crippen LogP contribution in [-0.2, 0) is 0 Å². The third-order valence-electron chi connectivity index (χ3n) is 4.15. The lowest BCUT2D eigenvalue weighted by atomic mass is 10.0. The first kappa shape index (κ1) is 18.5. The number of carbonyl (C=O) groups is 1. The number of rotatable bonds is 6. The lowest BCUT2D eigenvalue weighted by Crippen LogP contribution is -2.38. The highest BCUT2D eigenvalue weighted by Crippen LogP contribution is 2.24. The Hall–Kier alpha value is -1.85. The summed E-state index contributed by atoms with van der Waals surface area (Å²) < 4.78 is 1.76.